The number of rotatable bonds is 8. The normalized spacial score (nSPS) is 17.6. The van der Waals surface area contributed by atoms with Crippen molar-refractivity contribution in [3.05, 3.63) is 29.8 Å². The van der Waals surface area contributed by atoms with E-state index in [1.165, 1.54) is 10.8 Å². The monoisotopic (exact) mass is 336 g/mol. The van der Waals surface area contributed by atoms with E-state index in [-0.39, 0.29) is 17.2 Å². The molecule has 0 atom stereocenters. The Kier molecular flexibility index (Phi) is 6.06. The zero-order chi connectivity index (χ0) is 17.1. The zero-order valence-electron chi connectivity index (χ0n) is 15.5. The van der Waals surface area contributed by atoms with E-state index in [0.29, 0.717) is 0 Å². The summed E-state index contributed by atoms with van der Waals surface area (Å²) in [4.78, 5) is 0. The van der Waals surface area contributed by atoms with Crippen molar-refractivity contribution in [3.63, 3.8) is 0 Å². The predicted octanol–water partition coefficient (Wildman–Crippen LogP) is 3.93. The Balaban J connectivity index is 2.64. The quantitative estimate of drug-likeness (QED) is 0.673. The smallest absolute Gasteiger partial charge is 0.384 e. The molecule has 130 valence electrons. The third-order valence-corrected chi connectivity index (χ3v) is 9.53. The van der Waals surface area contributed by atoms with E-state index < -0.39 is 8.56 Å². The molecule has 0 bridgehead atoms. The third-order valence-electron chi connectivity index (χ3n) is 4.69. The summed E-state index contributed by atoms with van der Waals surface area (Å²) in [6.07, 6.45) is 2.29. The van der Waals surface area contributed by atoms with Gasteiger partial charge in [-0.25, -0.2) is 0 Å². The Bertz CT molecular complexity index is 494. The van der Waals surface area contributed by atoms with Gasteiger partial charge >= 0.3 is 8.56 Å². The molecular formula is C19H32O3Si. The van der Waals surface area contributed by atoms with E-state index in [1.807, 2.05) is 0 Å². The summed E-state index contributed by atoms with van der Waals surface area (Å²) < 4.78 is 19.1. The van der Waals surface area contributed by atoms with Gasteiger partial charge in [0, 0.05) is 12.2 Å². The second-order valence-corrected chi connectivity index (χ2v) is 10.4. The van der Waals surface area contributed by atoms with Crippen LogP contribution in [0.4, 0.5) is 0 Å². The van der Waals surface area contributed by atoms with Crippen molar-refractivity contribution in [2.24, 2.45) is 0 Å². The van der Waals surface area contributed by atoms with Gasteiger partial charge in [0.05, 0.1) is 18.3 Å². The molecule has 1 fully saturated rings. The Hall–Kier alpha value is -0.683. The fourth-order valence-electron chi connectivity index (χ4n) is 3.48. The molecule has 0 amide bonds. The molecule has 1 aromatic rings. The van der Waals surface area contributed by atoms with Crippen LogP contribution in [-0.4, -0.2) is 34.0 Å². The third kappa shape index (κ3) is 3.41. The molecule has 23 heavy (non-hydrogen) atoms. The lowest BCUT2D eigenvalue weighted by Crippen LogP contribution is -2.70. The van der Waals surface area contributed by atoms with Crippen molar-refractivity contribution in [2.75, 3.05) is 13.2 Å². The molecule has 0 aromatic heterocycles. The van der Waals surface area contributed by atoms with Gasteiger partial charge in [0.1, 0.15) is 0 Å². The lowest BCUT2D eigenvalue weighted by Gasteiger charge is -2.53. The molecule has 0 radical (unpaired) electrons. The molecule has 0 unspecified atom stereocenters. The Morgan fingerprint density at radius 3 is 2.00 bits per heavy atom. The van der Waals surface area contributed by atoms with Crippen LogP contribution in [0.15, 0.2) is 24.3 Å². The molecule has 1 aliphatic rings. The molecule has 1 aromatic carbocycles. The fourth-order valence-corrected chi connectivity index (χ4v) is 8.24. The number of aryl methyl sites for hydroxylation is 1. The van der Waals surface area contributed by atoms with Crippen LogP contribution < -0.4 is 5.19 Å². The van der Waals surface area contributed by atoms with Crippen molar-refractivity contribution in [1.82, 2.24) is 0 Å². The van der Waals surface area contributed by atoms with E-state index in [9.17, 15) is 0 Å². The average molecular weight is 337 g/mol. The van der Waals surface area contributed by atoms with Crippen molar-refractivity contribution in [1.29, 1.82) is 0 Å². The Morgan fingerprint density at radius 1 is 1.04 bits per heavy atom. The zero-order valence-corrected chi connectivity index (χ0v) is 16.5. The molecule has 2 rings (SSSR count). The highest BCUT2D eigenvalue weighted by Crippen LogP contribution is 2.50. The van der Waals surface area contributed by atoms with Crippen molar-refractivity contribution in [3.8, 4) is 0 Å². The van der Waals surface area contributed by atoms with E-state index in [1.54, 1.807) is 0 Å². The van der Waals surface area contributed by atoms with Crippen molar-refractivity contribution < 1.29 is 13.6 Å². The second kappa shape index (κ2) is 7.47. The number of hydrogen-bond donors (Lipinski definition) is 0. The van der Waals surface area contributed by atoms with Crippen LogP contribution in [0.2, 0.25) is 5.04 Å². The van der Waals surface area contributed by atoms with Crippen LogP contribution >= 0.6 is 0 Å². The van der Waals surface area contributed by atoms with Gasteiger partial charge in [-0.3, -0.25) is 0 Å². The summed E-state index contributed by atoms with van der Waals surface area (Å²) >= 11 is 0. The molecule has 0 saturated carbocycles. The molecule has 1 saturated heterocycles. The first-order valence-electron chi connectivity index (χ1n) is 8.92. The average Bonchev–Trinajstić information content (AvgIpc) is 2.45. The minimum absolute atomic E-state index is 0.00676. The van der Waals surface area contributed by atoms with Crippen molar-refractivity contribution >= 4 is 13.7 Å². The first kappa shape index (κ1) is 18.7. The number of benzene rings is 1. The highest BCUT2D eigenvalue weighted by molar-refractivity contribution is 6.84. The van der Waals surface area contributed by atoms with Gasteiger partial charge in [0.25, 0.3) is 0 Å². The standard InChI is InChI=1S/C19H32O3Si/c1-7-17-11-9-10-12-18(17)23(21-15(3)4,22-16(5)6)19(8-2)13-20-14-19/h9-12,15-16H,7-8,13-14H2,1-6H3. The molecule has 0 N–H and O–H groups in total. The summed E-state index contributed by atoms with van der Waals surface area (Å²) in [6, 6.07) is 8.67. The maximum Gasteiger partial charge on any atom is 0.384 e. The maximum atomic E-state index is 6.71. The van der Waals surface area contributed by atoms with Crippen LogP contribution in [0.5, 0.6) is 0 Å². The van der Waals surface area contributed by atoms with Crippen LogP contribution in [0.3, 0.4) is 0 Å². The molecule has 4 heteroatoms. The lowest BCUT2D eigenvalue weighted by atomic mass is 10.0. The molecule has 1 heterocycles. The minimum Gasteiger partial charge on any atom is -0.388 e. The molecular weight excluding hydrogens is 304 g/mol. The van der Waals surface area contributed by atoms with E-state index in [0.717, 1.165) is 26.1 Å². The Morgan fingerprint density at radius 2 is 1.61 bits per heavy atom. The van der Waals surface area contributed by atoms with Gasteiger partial charge in [0.15, 0.2) is 0 Å². The highest BCUT2D eigenvalue weighted by Gasteiger charge is 2.63. The number of ether oxygens (including phenoxy) is 1. The van der Waals surface area contributed by atoms with Crippen LogP contribution in [0.1, 0.15) is 53.5 Å². The summed E-state index contributed by atoms with van der Waals surface area (Å²) in [6.45, 7) is 14.4. The highest BCUT2D eigenvalue weighted by atomic mass is 28.4. The fraction of sp³-hybridized carbons (Fsp3) is 0.684. The first-order chi connectivity index (χ1) is 10.9. The second-order valence-electron chi connectivity index (χ2n) is 7.09. The topological polar surface area (TPSA) is 27.7 Å². The molecule has 0 aliphatic carbocycles. The summed E-state index contributed by atoms with van der Waals surface area (Å²) in [5.41, 5.74) is 1.35. The maximum absolute atomic E-state index is 6.71. The van der Waals surface area contributed by atoms with E-state index in [4.69, 9.17) is 13.6 Å². The first-order valence-corrected chi connectivity index (χ1v) is 10.7. The van der Waals surface area contributed by atoms with Gasteiger partial charge < -0.3 is 13.6 Å². The van der Waals surface area contributed by atoms with E-state index >= 15 is 0 Å². The van der Waals surface area contributed by atoms with Crippen molar-refractivity contribution in [2.45, 2.75) is 71.6 Å². The lowest BCUT2D eigenvalue weighted by molar-refractivity contribution is -0.0574. The van der Waals surface area contributed by atoms with E-state index in [2.05, 4.69) is 65.8 Å². The largest absolute Gasteiger partial charge is 0.388 e. The van der Waals surface area contributed by atoms with Gasteiger partial charge in [-0.05, 0) is 51.3 Å². The SMILES string of the molecule is CCc1ccccc1[Si](OC(C)C)(OC(C)C)C1(CC)COC1. The predicted molar refractivity (Wildman–Crippen MR) is 97.5 cm³/mol. The van der Waals surface area contributed by atoms with Gasteiger partial charge in [-0.1, -0.05) is 38.1 Å². The summed E-state index contributed by atoms with van der Waals surface area (Å²) in [7, 11) is -2.66. The molecule has 1 aliphatic heterocycles. The van der Waals surface area contributed by atoms with Gasteiger partial charge in [0.2, 0.25) is 0 Å². The number of hydrogen-bond acceptors (Lipinski definition) is 3. The Labute approximate surface area is 142 Å². The summed E-state index contributed by atoms with van der Waals surface area (Å²) in [5.74, 6) is 0. The molecule has 3 nitrogen and oxygen atoms in total. The molecule has 0 spiro atoms. The van der Waals surface area contributed by atoms with Crippen LogP contribution in [0.25, 0.3) is 0 Å². The van der Waals surface area contributed by atoms with Gasteiger partial charge in [-0.15, -0.1) is 0 Å². The van der Waals surface area contributed by atoms with Crippen LogP contribution in [-0.2, 0) is 20.0 Å². The summed E-state index contributed by atoms with van der Waals surface area (Å²) in [5, 5.41) is 1.31. The van der Waals surface area contributed by atoms with Crippen LogP contribution in [0, 0.1) is 0 Å². The minimum atomic E-state index is -2.66. The van der Waals surface area contributed by atoms with Gasteiger partial charge in [-0.2, -0.15) is 0 Å².